The Balaban J connectivity index is 1.67. The number of aromatic nitrogens is 2. The van der Waals surface area contributed by atoms with Gasteiger partial charge in [0.25, 0.3) is 0 Å². The lowest BCUT2D eigenvalue weighted by molar-refractivity contribution is 0.924. The van der Waals surface area contributed by atoms with Gasteiger partial charge in [-0.2, -0.15) is 0 Å². The van der Waals surface area contributed by atoms with Crippen molar-refractivity contribution in [3.05, 3.63) is 106 Å². The first-order valence-electron chi connectivity index (χ1n) is 9.31. The van der Waals surface area contributed by atoms with Gasteiger partial charge in [0, 0.05) is 5.02 Å². The second-order valence-corrected chi connectivity index (χ2v) is 7.48. The van der Waals surface area contributed by atoms with Gasteiger partial charge >= 0.3 is 0 Å². The molecule has 0 fully saturated rings. The predicted molar refractivity (Wildman–Crippen MR) is 125 cm³/mol. The molecule has 0 bridgehead atoms. The Kier molecular flexibility index (Phi) is 6.02. The highest BCUT2D eigenvalue weighted by Gasteiger charge is 2.17. The van der Waals surface area contributed by atoms with Crippen molar-refractivity contribution in [3.8, 4) is 0 Å². The number of benzene rings is 3. The number of hydrogen-bond donors (Lipinski definition) is 3. The zero-order chi connectivity index (χ0) is 20.9. The molecule has 4 aromatic rings. The van der Waals surface area contributed by atoms with Gasteiger partial charge in [0.2, 0.25) is 0 Å². The molecule has 1 aromatic heterocycles. The molecule has 0 amide bonds. The highest BCUT2D eigenvalue weighted by molar-refractivity contribution is 6.36. The third-order valence-electron chi connectivity index (χ3n) is 4.61. The quantitative estimate of drug-likeness (QED) is 0.330. The van der Waals surface area contributed by atoms with Gasteiger partial charge in [-0.3, -0.25) is 0 Å². The normalized spacial score (nSPS) is 10.8. The molecule has 0 aliphatic carbocycles. The van der Waals surface area contributed by atoms with Crippen LogP contribution in [-0.4, -0.2) is 9.97 Å². The summed E-state index contributed by atoms with van der Waals surface area (Å²) >= 11 is 12.2. The largest absolute Gasteiger partial charge is 0.393 e. The topological polar surface area (TPSA) is 75.9 Å². The molecular formula is C23H19Cl2N5. The van der Waals surface area contributed by atoms with Crippen molar-refractivity contribution in [1.29, 1.82) is 0 Å². The predicted octanol–water partition coefficient (Wildman–Crippen LogP) is 6.31. The van der Waals surface area contributed by atoms with Gasteiger partial charge in [-0.25, -0.2) is 9.97 Å². The lowest BCUT2D eigenvalue weighted by atomic mass is 9.99. The van der Waals surface area contributed by atoms with Crippen LogP contribution < -0.4 is 16.4 Å². The highest BCUT2D eigenvalue weighted by atomic mass is 35.5. The Morgan fingerprint density at radius 2 is 1.37 bits per heavy atom. The molecule has 5 nitrogen and oxygen atoms in total. The van der Waals surface area contributed by atoms with Crippen molar-refractivity contribution >= 4 is 46.2 Å². The average molecular weight is 436 g/mol. The average Bonchev–Trinajstić information content (AvgIpc) is 2.77. The fourth-order valence-electron chi connectivity index (χ4n) is 3.12. The van der Waals surface area contributed by atoms with E-state index in [1.165, 1.54) is 6.33 Å². The molecule has 0 aliphatic rings. The molecule has 0 spiro atoms. The third-order valence-corrected chi connectivity index (χ3v) is 5.16. The molecule has 4 rings (SSSR count). The van der Waals surface area contributed by atoms with E-state index in [2.05, 4.69) is 44.9 Å². The van der Waals surface area contributed by atoms with E-state index in [0.29, 0.717) is 33.1 Å². The van der Waals surface area contributed by atoms with Gasteiger partial charge in [-0.15, -0.1) is 0 Å². The molecule has 7 heteroatoms. The van der Waals surface area contributed by atoms with Gasteiger partial charge < -0.3 is 16.4 Å². The van der Waals surface area contributed by atoms with Gasteiger partial charge in [0.1, 0.15) is 12.0 Å². The van der Waals surface area contributed by atoms with Crippen LogP contribution in [0.15, 0.2) is 85.2 Å². The Bertz CT molecular complexity index is 1100. The smallest absolute Gasteiger partial charge is 0.159 e. The zero-order valence-corrected chi connectivity index (χ0v) is 17.4. The van der Waals surface area contributed by atoms with Crippen LogP contribution in [0.5, 0.6) is 0 Å². The Labute approximate surface area is 184 Å². The van der Waals surface area contributed by atoms with Crippen LogP contribution in [0.4, 0.5) is 23.0 Å². The molecule has 30 heavy (non-hydrogen) atoms. The SMILES string of the molecule is Nc1c(Nc2ccc(Cl)cc2Cl)ncnc1NC(c1ccccc1)c1ccccc1. The lowest BCUT2D eigenvalue weighted by Crippen LogP contribution is -2.15. The van der Waals surface area contributed by atoms with Crippen LogP contribution in [0.25, 0.3) is 0 Å². The van der Waals surface area contributed by atoms with Gasteiger partial charge in [0.15, 0.2) is 11.6 Å². The van der Waals surface area contributed by atoms with E-state index in [4.69, 9.17) is 28.9 Å². The third kappa shape index (κ3) is 4.48. The summed E-state index contributed by atoms with van der Waals surface area (Å²) in [6, 6.07) is 25.3. The minimum Gasteiger partial charge on any atom is -0.393 e. The summed E-state index contributed by atoms with van der Waals surface area (Å²) in [7, 11) is 0. The van der Waals surface area contributed by atoms with Crippen molar-refractivity contribution in [2.24, 2.45) is 0 Å². The molecule has 0 aliphatic heterocycles. The van der Waals surface area contributed by atoms with Crippen LogP contribution >= 0.6 is 23.2 Å². The number of nitrogens with one attached hydrogen (secondary N) is 2. The van der Waals surface area contributed by atoms with E-state index in [1.54, 1.807) is 18.2 Å². The van der Waals surface area contributed by atoms with Crippen LogP contribution in [0, 0.1) is 0 Å². The summed E-state index contributed by atoms with van der Waals surface area (Å²) in [5.74, 6) is 0.979. The van der Waals surface area contributed by atoms with E-state index < -0.39 is 0 Å². The maximum Gasteiger partial charge on any atom is 0.159 e. The van der Waals surface area contributed by atoms with Crippen LogP contribution in [0.1, 0.15) is 17.2 Å². The molecule has 0 saturated carbocycles. The van der Waals surface area contributed by atoms with Gasteiger partial charge in [-0.05, 0) is 29.3 Å². The van der Waals surface area contributed by atoms with E-state index in [9.17, 15) is 0 Å². The van der Waals surface area contributed by atoms with Crippen LogP contribution in [-0.2, 0) is 0 Å². The molecule has 0 radical (unpaired) electrons. The molecule has 1 heterocycles. The maximum atomic E-state index is 6.40. The molecule has 0 atom stereocenters. The second-order valence-electron chi connectivity index (χ2n) is 6.63. The molecule has 0 unspecified atom stereocenters. The van der Waals surface area contributed by atoms with Crippen molar-refractivity contribution in [2.45, 2.75) is 6.04 Å². The van der Waals surface area contributed by atoms with Crippen molar-refractivity contribution in [3.63, 3.8) is 0 Å². The van der Waals surface area contributed by atoms with Crippen molar-refractivity contribution in [2.75, 3.05) is 16.4 Å². The van der Waals surface area contributed by atoms with Crippen molar-refractivity contribution < 1.29 is 0 Å². The van der Waals surface area contributed by atoms with Gasteiger partial charge in [-0.1, -0.05) is 83.9 Å². The number of nitrogens with two attached hydrogens (primary N) is 1. The van der Waals surface area contributed by atoms with E-state index in [0.717, 1.165) is 11.1 Å². The molecular weight excluding hydrogens is 417 g/mol. The number of nitrogens with zero attached hydrogens (tertiary/aromatic N) is 2. The molecule has 0 saturated heterocycles. The van der Waals surface area contributed by atoms with Crippen LogP contribution in [0.3, 0.4) is 0 Å². The molecule has 3 aromatic carbocycles. The number of halogens is 2. The maximum absolute atomic E-state index is 6.40. The second kappa shape index (κ2) is 9.03. The highest BCUT2D eigenvalue weighted by Crippen LogP contribution is 2.33. The Hall–Kier alpha value is -3.28. The summed E-state index contributed by atoms with van der Waals surface area (Å²) in [4.78, 5) is 8.64. The van der Waals surface area contributed by atoms with Crippen molar-refractivity contribution in [1.82, 2.24) is 9.97 Å². The first kappa shape index (κ1) is 20.0. The zero-order valence-electron chi connectivity index (χ0n) is 15.9. The summed E-state index contributed by atoms with van der Waals surface area (Å²) in [5.41, 5.74) is 9.63. The fraction of sp³-hybridized carbons (Fsp3) is 0.0435. The standard InChI is InChI=1S/C23H19Cl2N5/c24-17-11-12-19(18(25)13-17)29-22-20(26)23(28-14-27-22)30-21(15-7-3-1-4-8-15)16-9-5-2-6-10-16/h1-14,21H,26H2,(H2,27,28,29,30). The van der Waals surface area contributed by atoms with Crippen LogP contribution in [0.2, 0.25) is 10.0 Å². The number of anilines is 4. The minimum atomic E-state index is -0.128. The van der Waals surface area contributed by atoms with Gasteiger partial charge in [0.05, 0.1) is 16.8 Å². The Morgan fingerprint density at radius 3 is 1.97 bits per heavy atom. The summed E-state index contributed by atoms with van der Waals surface area (Å²) < 4.78 is 0. The fourth-order valence-corrected chi connectivity index (χ4v) is 3.57. The number of hydrogen-bond acceptors (Lipinski definition) is 5. The first-order chi connectivity index (χ1) is 14.6. The molecule has 150 valence electrons. The number of nitrogen functional groups attached to an aromatic ring is 1. The molecule has 4 N–H and O–H groups in total. The lowest BCUT2D eigenvalue weighted by Gasteiger charge is -2.22. The summed E-state index contributed by atoms with van der Waals surface area (Å²) in [6.07, 6.45) is 1.46. The minimum absolute atomic E-state index is 0.128. The summed E-state index contributed by atoms with van der Waals surface area (Å²) in [6.45, 7) is 0. The first-order valence-corrected chi connectivity index (χ1v) is 10.1. The number of rotatable bonds is 6. The van der Waals surface area contributed by atoms with E-state index >= 15 is 0 Å². The summed E-state index contributed by atoms with van der Waals surface area (Å²) in [5, 5.41) is 7.64. The van der Waals surface area contributed by atoms with E-state index in [-0.39, 0.29) is 6.04 Å². The van der Waals surface area contributed by atoms with E-state index in [1.807, 2.05) is 36.4 Å². The Morgan fingerprint density at radius 1 is 0.767 bits per heavy atom. The monoisotopic (exact) mass is 435 g/mol.